The fraction of sp³-hybridized carbons (Fsp3) is 0.951. The minimum Gasteiger partial charge on any atom is -0.461 e. The van der Waals surface area contributed by atoms with Crippen LogP contribution in [0.5, 0.6) is 0 Å². The SMILES string of the molecule is CC[C@@H](O)[C@@H](O)[C@@H](N)COC1OC(COC(=O)[C@@H](NC(=O)CC[C@@H](C)C2CCC3C4C(CC[C@@]32C)[C@@]2(C)CC[C@@H](O)CC2C[C@H]4O)C(C)C)C(O)C(O)C1O. The number of nitrogens with two attached hydrogens (primary N) is 1. The van der Waals surface area contributed by atoms with Crippen molar-refractivity contribution in [2.24, 2.45) is 58.0 Å². The van der Waals surface area contributed by atoms with Gasteiger partial charge < -0.3 is 61.0 Å². The molecule has 0 spiro atoms. The molecule has 0 radical (unpaired) electrons. The maximum atomic E-state index is 13.3. The van der Waals surface area contributed by atoms with Gasteiger partial charge >= 0.3 is 5.97 Å². The lowest BCUT2D eigenvalue weighted by Crippen LogP contribution is -2.60. The largest absolute Gasteiger partial charge is 0.461 e. The van der Waals surface area contributed by atoms with E-state index in [9.17, 15) is 45.3 Å². The van der Waals surface area contributed by atoms with Gasteiger partial charge in [-0.2, -0.15) is 0 Å². The molecule has 14 nitrogen and oxygen atoms in total. The Balaban J connectivity index is 1.11. The summed E-state index contributed by atoms with van der Waals surface area (Å²) in [5, 5.41) is 76.3. The highest BCUT2D eigenvalue weighted by molar-refractivity contribution is 5.84. The Morgan fingerprint density at radius 1 is 0.909 bits per heavy atom. The molecule has 19 atom stereocenters. The lowest BCUT2D eigenvalue weighted by atomic mass is 9.43. The van der Waals surface area contributed by atoms with Crippen molar-refractivity contribution in [2.75, 3.05) is 13.2 Å². The number of nitrogens with one attached hydrogen (secondary N) is 1. The minimum absolute atomic E-state index is 0.0872. The summed E-state index contributed by atoms with van der Waals surface area (Å²) in [5.41, 5.74) is 6.16. The van der Waals surface area contributed by atoms with E-state index in [1.54, 1.807) is 20.8 Å². The Bertz CT molecular complexity index is 1290. The first-order valence-corrected chi connectivity index (χ1v) is 21.1. The molecule has 55 heavy (non-hydrogen) atoms. The first kappa shape index (κ1) is 44.6. The molecule has 0 aromatic rings. The Morgan fingerprint density at radius 3 is 2.25 bits per heavy atom. The van der Waals surface area contributed by atoms with Crippen molar-refractivity contribution in [1.82, 2.24) is 5.32 Å². The smallest absolute Gasteiger partial charge is 0.328 e. The summed E-state index contributed by atoms with van der Waals surface area (Å²) < 4.78 is 16.6. The number of carbonyl (C=O) groups excluding carboxylic acids is 2. The summed E-state index contributed by atoms with van der Waals surface area (Å²) in [5.74, 6) is 0.945. The number of aliphatic hydroxyl groups is 7. The van der Waals surface area contributed by atoms with Crippen LogP contribution in [0, 0.1) is 52.3 Å². The topological polar surface area (TPSA) is 241 Å². The molecule has 1 saturated heterocycles. The molecule has 1 aliphatic heterocycles. The van der Waals surface area contributed by atoms with Crippen LogP contribution in [0.4, 0.5) is 0 Å². The van der Waals surface area contributed by atoms with Crippen LogP contribution in [0.3, 0.4) is 0 Å². The van der Waals surface area contributed by atoms with Gasteiger partial charge in [0.15, 0.2) is 6.29 Å². The molecule has 318 valence electrons. The highest BCUT2D eigenvalue weighted by Gasteiger charge is 2.63. The summed E-state index contributed by atoms with van der Waals surface area (Å²) in [6.45, 7) is 11.5. The predicted molar refractivity (Wildman–Crippen MR) is 202 cm³/mol. The molecule has 5 aliphatic rings. The first-order valence-electron chi connectivity index (χ1n) is 21.1. The van der Waals surface area contributed by atoms with Crippen LogP contribution in [-0.2, 0) is 23.8 Å². The molecular formula is C41H72N2O12. The molecular weight excluding hydrogens is 712 g/mol. The summed E-state index contributed by atoms with van der Waals surface area (Å²) in [4.78, 5) is 26.6. The second-order valence-electron chi connectivity index (χ2n) is 18.9. The van der Waals surface area contributed by atoms with Gasteiger partial charge in [0.2, 0.25) is 5.91 Å². The first-order chi connectivity index (χ1) is 25.8. The van der Waals surface area contributed by atoms with Crippen molar-refractivity contribution >= 4 is 11.9 Å². The van der Waals surface area contributed by atoms with Crippen LogP contribution in [0.25, 0.3) is 0 Å². The second-order valence-corrected chi connectivity index (χ2v) is 18.9. The Kier molecular flexibility index (Phi) is 14.8. The van der Waals surface area contributed by atoms with E-state index in [4.69, 9.17) is 19.9 Å². The average molecular weight is 785 g/mol. The minimum atomic E-state index is -1.70. The molecule has 0 bridgehead atoms. The summed E-state index contributed by atoms with van der Waals surface area (Å²) in [6, 6.07) is -2.00. The standard InChI is InChI=1S/C41H72N2O12/c1-7-28(45)34(48)27(42)18-54-39-37(51)36(50)35(49)30(55-39)19-53-38(52)33(20(2)3)43-31(47)11-8-21(4)24-9-10-25-32-26(13-15-41(24,25)6)40(5)14-12-23(44)16-22(40)17-29(32)46/h20-30,32-37,39,44-46,48-51H,7-19,42H2,1-6H3,(H,43,47)/t21-,22?,23-,24?,25?,26?,27+,28-,29-,30?,32?,33+,34+,35?,36?,37?,39?,40+,41-/m1/s1. The van der Waals surface area contributed by atoms with E-state index < -0.39 is 67.6 Å². The van der Waals surface area contributed by atoms with Gasteiger partial charge in [-0.15, -0.1) is 0 Å². The molecule has 4 saturated carbocycles. The van der Waals surface area contributed by atoms with Crippen LogP contribution in [0.15, 0.2) is 0 Å². The normalized spacial score (nSPS) is 43.0. The molecule has 1 heterocycles. The van der Waals surface area contributed by atoms with Gasteiger partial charge in [-0.3, -0.25) is 4.79 Å². The zero-order valence-electron chi connectivity index (χ0n) is 33.8. The van der Waals surface area contributed by atoms with Crippen LogP contribution in [-0.4, -0.2) is 128 Å². The number of hydrogen-bond acceptors (Lipinski definition) is 13. The maximum absolute atomic E-state index is 13.3. The van der Waals surface area contributed by atoms with E-state index in [0.717, 1.165) is 51.4 Å². The number of hydrogen-bond donors (Lipinski definition) is 9. The number of carbonyl (C=O) groups is 2. The van der Waals surface area contributed by atoms with Crippen molar-refractivity contribution in [1.29, 1.82) is 0 Å². The number of esters is 1. The van der Waals surface area contributed by atoms with E-state index >= 15 is 0 Å². The van der Waals surface area contributed by atoms with Crippen LogP contribution in [0.2, 0.25) is 0 Å². The second kappa shape index (κ2) is 18.2. The summed E-state index contributed by atoms with van der Waals surface area (Å²) in [6.07, 6.45) is -1.71. The molecule has 0 aromatic carbocycles. The summed E-state index contributed by atoms with van der Waals surface area (Å²) >= 11 is 0. The molecule has 5 rings (SSSR count). The Hall–Kier alpha value is -1.46. The van der Waals surface area contributed by atoms with Crippen molar-refractivity contribution in [3.05, 3.63) is 0 Å². The highest BCUT2D eigenvalue weighted by atomic mass is 16.7. The van der Waals surface area contributed by atoms with Gasteiger partial charge in [0, 0.05) is 6.42 Å². The van der Waals surface area contributed by atoms with Crippen molar-refractivity contribution in [2.45, 2.75) is 179 Å². The van der Waals surface area contributed by atoms with E-state index in [2.05, 4.69) is 26.1 Å². The van der Waals surface area contributed by atoms with E-state index in [1.165, 1.54) is 0 Å². The molecule has 14 heteroatoms. The van der Waals surface area contributed by atoms with Crippen LogP contribution >= 0.6 is 0 Å². The molecule has 5 fully saturated rings. The van der Waals surface area contributed by atoms with Crippen molar-refractivity contribution in [3.63, 3.8) is 0 Å². The van der Waals surface area contributed by atoms with E-state index in [-0.39, 0.29) is 66.1 Å². The number of amides is 1. The number of fused-ring (bicyclic) bond motifs is 5. The van der Waals surface area contributed by atoms with Crippen LogP contribution < -0.4 is 11.1 Å². The molecule has 10 unspecified atom stereocenters. The van der Waals surface area contributed by atoms with Gasteiger partial charge in [-0.1, -0.05) is 41.5 Å². The zero-order chi connectivity index (χ0) is 40.6. The van der Waals surface area contributed by atoms with E-state index in [1.807, 2.05) is 0 Å². The Labute approximate surface area is 326 Å². The van der Waals surface area contributed by atoms with Crippen molar-refractivity contribution in [3.8, 4) is 0 Å². The quantitative estimate of drug-likeness (QED) is 0.107. The monoisotopic (exact) mass is 785 g/mol. The molecule has 4 aliphatic carbocycles. The van der Waals surface area contributed by atoms with Gasteiger partial charge in [0.1, 0.15) is 37.1 Å². The van der Waals surface area contributed by atoms with Crippen LogP contribution in [0.1, 0.15) is 112 Å². The molecule has 10 N–H and O–H groups in total. The van der Waals surface area contributed by atoms with E-state index in [0.29, 0.717) is 30.1 Å². The highest BCUT2D eigenvalue weighted by Crippen LogP contribution is 2.68. The summed E-state index contributed by atoms with van der Waals surface area (Å²) in [7, 11) is 0. The third kappa shape index (κ3) is 9.24. The molecule has 1 amide bonds. The van der Waals surface area contributed by atoms with Gasteiger partial charge in [-0.25, -0.2) is 4.79 Å². The number of ether oxygens (including phenoxy) is 3. The van der Waals surface area contributed by atoms with Gasteiger partial charge in [0.25, 0.3) is 0 Å². The lowest BCUT2D eigenvalue weighted by molar-refractivity contribution is -0.303. The fourth-order valence-corrected chi connectivity index (χ4v) is 11.8. The maximum Gasteiger partial charge on any atom is 0.328 e. The number of aliphatic hydroxyl groups excluding tert-OH is 7. The predicted octanol–water partition coefficient (Wildman–Crippen LogP) is 1.36. The fourth-order valence-electron chi connectivity index (χ4n) is 11.8. The average Bonchev–Trinajstić information content (AvgIpc) is 3.51. The third-order valence-electron chi connectivity index (χ3n) is 15.2. The lowest BCUT2D eigenvalue weighted by Gasteiger charge is -2.62. The zero-order valence-corrected chi connectivity index (χ0v) is 33.8. The third-order valence-corrected chi connectivity index (χ3v) is 15.2. The Morgan fingerprint density at radius 2 is 1.58 bits per heavy atom. The van der Waals surface area contributed by atoms with Gasteiger partial charge in [0.05, 0.1) is 37.1 Å². The number of rotatable bonds is 15. The van der Waals surface area contributed by atoms with Gasteiger partial charge in [-0.05, 0) is 116 Å². The molecule has 0 aromatic heterocycles. The van der Waals surface area contributed by atoms with Crippen molar-refractivity contribution < 1.29 is 59.5 Å².